The summed E-state index contributed by atoms with van der Waals surface area (Å²) in [6, 6.07) is 29.3. The molecule has 48 heavy (non-hydrogen) atoms. The Morgan fingerprint density at radius 2 is 0.812 bits per heavy atom. The standard InChI is InChI=1S/2C18H15Cl2N3O/c2*1-12-17(21-11-14-15(19)9-6-10-16(14)20)18(24)23(22(12)2)13-7-4-3-5-8-13/h2*3-11H,1-2H3. The Hall–Kier alpha value is -4.60. The van der Waals surface area contributed by atoms with Gasteiger partial charge in [-0.15, -0.1) is 0 Å². The van der Waals surface area contributed by atoms with Crippen molar-refractivity contribution in [3.05, 3.63) is 160 Å². The van der Waals surface area contributed by atoms with Crippen molar-refractivity contribution in [3.63, 3.8) is 0 Å². The molecule has 2 heterocycles. The molecule has 0 radical (unpaired) electrons. The van der Waals surface area contributed by atoms with Crippen LogP contribution in [0, 0.1) is 13.8 Å². The molecule has 0 amide bonds. The number of benzene rings is 4. The first kappa shape index (κ1) is 34.7. The summed E-state index contributed by atoms with van der Waals surface area (Å²) in [5, 5.41) is 1.96. The minimum atomic E-state index is -0.194. The van der Waals surface area contributed by atoms with Gasteiger partial charge in [-0.3, -0.25) is 19.0 Å². The predicted molar refractivity (Wildman–Crippen MR) is 199 cm³/mol. The molecule has 0 aliphatic heterocycles. The van der Waals surface area contributed by atoms with Gasteiger partial charge in [0.15, 0.2) is 11.4 Å². The van der Waals surface area contributed by atoms with Gasteiger partial charge in [0.05, 0.1) is 42.9 Å². The summed E-state index contributed by atoms with van der Waals surface area (Å²) in [6.45, 7) is 3.70. The van der Waals surface area contributed by atoms with Crippen LogP contribution in [0.5, 0.6) is 0 Å². The first-order valence-electron chi connectivity index (χ1n) is 14.7. The lowest BCUT2D eigenvalue weighted by atomic mass is 10.2. The van der Waals surface area contributed by atoms with E-state index in [2.05, 4.69) is 9.98 Å². The lowest BCUT2D eigenvalue weighted by molar-refractivity contribution is 0.630. The molecule has 0 aliphatic rings. The molecule has 0 fully saturated rings. The molecule has 244 valence electrons. The van der Waals surface area contributed by atoms with Crippen molar-refractivity contribution < 1.29 is 0 Å². The van der Waals surface area contributed by atoms with Gasteiger partial charge in [-0.25, -0.2) is 19.3 Å². The number of aliphatic imine (C=N–C) groups is 2. The molecule has 0 saturated heterocycles. The van der Waals surface area contributed by atoms with E-state index in [4.69, 9.17) is 46.4 Å². The molecular weight excluding hydrogens is 690 g/mol. The number of para-hydroxylation sites is 2. The van der Waals surface area contributed by atoms with Crippen molar-refractivity contribution in [1.82, 2.24) is 18.7 Å². The second-order valence-corrected chi connectivity index (χ2v) is 12.2. The van der Waals surface area contributed by atoms with Gasteiger partial charge in [0.1, 0.15) is 0 Å². The van der Waals surface area contributed by atoms with Gasteiger partial charge in [0.25, 0.3) is 11.1 Å². The Morgan fingerprint density at radius 3 is 1.12 bits per heavy atom. The summed E-state index contributed by atoms with van der Waals surface area (Å²) < 4.78 is 6.71. The van der Waals surface area contributed by atoms with E-state index in [0.717, 1.165) is 22.8 Å². The van der Waals surface area contributed by atoms with Crippen molar-refractivity contribution in [2.75, 3.05) is 0 Å². The van der Waals surface area contributed by atoms with Gasteiger partial charge in [-0.2, -0.15) is 0 Å². The maximum Gasteiger partial charge on any atom is 0.297 e. The maximum atomic E-state index is 12.8. The van der Waals surface area contributed by atoms with Crippen LogP contribution in [-0.2, 0) is 14.1 Å². The van der Waals surface area contributed by atoms with Crippen LogP contribution in [0.15, 0.2) is 117 Å². The highest BCUT2D eigenvalue weighted by Crippen LogP contribution is 2.25. The molecule has 0 unspecified atom stereocenters. The highest BCUT2D eigenvalue weighted by atomic mass is 35.5. The van der Waals surface area contributed by atoms with E-state index < -0.39 is 0 Å². The Labute approximate surface area is 297 Å². The fraction of sp³-hybridized carbons (Fsp3) is 0.111. The summed E-state index contributed by atoms with van der Waals surface area (Å²) in [4.78, 5) is 34.2. The zero-order valence-corrected chi connectivity index (χ0v) is 29.4. The molecule has 12 heteroatoms. The third-order valence-corrected chi connectivity index (χ3v) is 9.01. The van der Waals surface area contributed by atoms with Gasteiger partial charge in [-0.05, 0) is 62.4 Å². The van der Waals surface area contributed by atoms with Crippen LogP contribution >= 0.6 is 46.4 Å². The highest BCUT2D eigenvalue weighted by molar-refractivity contribution is 6.39. The molecule has 6 rings (SSSR count). The van der Waals surface area contributed by atoms with E-state index in [1.54, 1.807) is 55.1 Å². The van der Waals surface area contributed by atoms with Crippen LogP contribution in [0.1, 0.15) is 22.5 Å². The van der Waals surface area contributed by atoms with Crippen LogP contribution in [0.3, 0.4) is 0 Å². The molecule has 0 N–H and O–H groups in total. The van der Waals surface area contributed by atoms with Gasteiger partial charge in [0, 0.05) is 37.7 Å². The molecule has 6 aromatic rings. The second kappa shape index (κ2) is 15.1. The molecule has 2 aromatic heterocycles. The first-order valence-corrected chi connectivity index (χ1v) is 16.2. The SMILES string of the molecule is Cc1c(N=Cc2c(Cl)cccc2Cl)c(=O)n(-c2ccccc2)n1C.Cc1c(N=Cc2c(Cl)cccc2Cl)c(=O)n(-c2ccccc2)n1C. The van der Waals surface area contributed by atoms with Crippen LogP contribution in [0.4, 0.5) is 11.4 Å². The largest absolute Gasteiger partial charge is 0.297 e. The monoisotopic (exact) mass is 718 g/mol. The minimum absolute atomic E-state index is 0.194. The van der Waals surface area contributed by atoms with Crippen molar-refractivity contribution in [2.24, 2.45) is 24.1 Å². The molecular formula is C36H30Cl4N6O2. The first-order chi connectivity index (χ1) is 23.0. The smallest absolute Gasteiger partial charge is 0.283 e. The molecule has 0 bridgehead atoms. The van der Waals surface area contributed by atoms with Gasteiger partial charge < -0.3 is 0 Å². The zero-order valence-electron chi connectivity index (χ0n) is 26.4. The minimum Gasteiger partial charge on any atom is -0.283 e. The third-order valence-electron chi connectivity index (χ3n) is 7.69. The van der Waals surface area contributed by atoms with E-state index in [9.17, 15) is 9.59 Å². The summed E-state index contributed by atoms with van der Waals surface area (Å²) in [5.41, 5.74) is 4.59. The molecule has 0 aliphatic carbocycles. The number of halogens is 4. The van der Waals surface area contributed by atoms with E-state index in [0.29, 0.717) is 42.6 Å². The Balaban J connectivity index is 0.000000188. The van der Waals surface area contributed by atoms with Crippen molar-refractivity contribution >= 4 is 70.2 Å². The number of nitrogens with zero attached hydrogens (tertiary/aromatic N) is 6. The lowest BCUT2D eigenvalue weighted by Crippen LogP contribution is -2.19. The van der Waals surface area contributed by atoms with Crippen molar-refractivity contribution in [1.29, 1.82) is 0 Å². The fourth-order valence-corrected chi connectivity index (χ4v) is 5.92. The number of hydrogen-bond donors (Lipinski definition) is 0. The quantitative estimate of drug-likeness (QED) is 0.161. The molecule has 0 spiro atoms. The molecule has 4 aromatic carbocycles. The number of rotatable bonds is 6. The number of aromatic nitrogens is 4. The summed E-state index contributed by atoms with van der Waals surface area (Å²) in [5.74, 6) is 0. The highest BCUT2D eigenvalue weighted by Gasteiger charge is 2.17. The average Bonchev–Trinajstić information content (AvgIpc) is 3.42. The van der Waals surface area contributed by atoms with E-state index in [1.165, 1.54) is 12.4 Å². The lowest BCUT2D eigenvalue weighted by Gasteiger charge is -2.07. The Morgan fingerprint density at radius 1 is 0.500 bits per heavy atom. The van der Waals surface area contributed by atoms with E-state index in [1.807, 2.05) is 88.6 Å². The molecule has 0 atom stereocenters. The van der Waals surface area contributed by atoms with Gasteiger partial charge >= 0.3 is 0 Å². The summed E-state index contributed by atoms with van der Waals surface area (Å²) in [6.07, 6.45) is 3.06. The summed E-state index contributed by atoms with van der Waals surface area (Å²) in [7, 11) is 3.65. The van der Waals surface area contributed by atoms with Gasteiger partial charge in [0.2, 0.25) is 0 Å². The molecule has 8 nitrogen and oxygen atoms in total. The van der Waals surface area contributed by atoms with Crippen LogP contribution in [0.2, 0.25) is 20.1 Å². The number of hydrogen-bond acceptors (Lipinski definition) is 4. The molecule has 0 saturated carbocycles. The van der Waals surface area contributed by atoms with Crippen molar-refractivity contribution in [2.45, 2.75) is 13.8 Å². The summed E-state index contributed by atoms with van der Waals surface area (Å²) >= 11 is 24.6. The average molecular weight is 720 g/mol. The normalized spacial score (nSPS) is 11.3. The third kappa shape index (κ3) is 7.12. The van der Waals surface area contributed by atoms with Crippen molar-refractivity contribution in [3.8, 4) is 11.4 Å². The Kier molecular flexibility index (Phi) is 10.9. The Bertz CT molecular complexity index is 2060. The van der Waals surface area contributed by atoms with Crippen LogP contribution < -0.4 is 11.1 Å². The second-order valence-electron chi connectivity index (χ2n) is 10.6. The zero-order chi connectivity index (χ0) is 34.5. The van der Waals surface area contributed by atoms with E-state index in [-0.39, 0.29) is 11.1 Å². The van der Waals surface area contributed by atoms with Crippen LogP contribution in [-0.4, -0.2) is 31.2 Å². The van der Waals surface area contributed by atoms with Crippen LogP contribution in [0.25, 0.3) is 11.4 Å². The fourth-order valence-electron chi connectivity index (χ4n) is 4.93. The van der Waals surface area contributed by atoms with E-state index >= 15 is 0 Å². The van der Waals surface area contributed by atoms with Gasteiger partial charge in [-0.1, -0.05) is 94.9 Å². The topological polar surface area (TPSA) is 78.6 Å². The maximum absolute atomic E-state index is 12.8. The predicted octanol–water partition coefficient (Wildman–Crippen LogP) is 9.08.